The van der Waals surface area contributed by atoms with Crippen molar-refractivity contribution < 1.29 is 4.57 Å². The van der Waals surface area contributed by atoms with Crippen molar-refractivity contribution in [1.29, 1.82) is 0 Å². The van der Waals surface area contributed by atoms with Gasteiger partial charge in [0.15, 0.2) is 11.5 Å². The molecule has 11 heavy (non-hydrogen) atoms. The molecule has 1 aromatic carbocycles. The average Bonchev–Trinajstić information content (AvgIpc) is 2.06. The maximum Gasteiger partial charge on any atom is 0.377 e. The first kappa shape index (κ1) is 7.00. The second-order valence-corrected chi connectivity index (χ2v) is 4.52. The van der Waals surface area contributed by atoms with Crippen molar-refractivity contribution in [2.24, 2.45) is 0 Å². The fourth-order valence-electron chi connectivity index (χ4n) is 1.50. The molecule has 0 aromatic heterocycles. The van der Waals surface area contributed by atoms with Gasteiger partial charge in [-0.15, -0.1) is 0 Å². The van der Waals surface area contributed by atoms with Crippen molar-refractivity contribution in [3.05, 3.63) is 29.8 Å². The third-order valence-electron chi connectivity index (χ3n) is 2.07. The molecule has 1 aliphatic heterocycles. The van der Waals surface area contributed by atoms with Crippen molar-refractivity contribution in [2.75, 3.05) is 6.16 Å². The fraction of sp³-hybridized carbons (Fsp3) is 0.333. The van der Waals surface area contributed by atoms with Crippen molar-refractivity contribution >= 4 is 13.1 Å². The summed E-state index contributed by atoms with van der Waals surface area (Å²) in [7, 11) is -1.06. The van der Waals surface area contributed by atoms with Gasteiger partial charge in [-0.25, -0.2) is 0 Å². The first-order chi connectivity index (χ1) is 5.38. The van der Waals surface area contributed by atoms with E-state index in [1.165, 1.54) is 5.56 Å². The molecule has 0 fully saturated rings. The van der Waals surface area contributed by atoms with Crippen LogP contribution < -0.4 is 5.30 Å². The predicted molar refractivity (Wildman–Crippen MR) is 46.9 cm³/mol. The predicted octanol–water partition coefficient (Wildman–Crippen LogP) is 2.09. The Morgan fingerprint density at radius 3 is 2.91 bits per heavy atom. The van der Waals surface area contributed by atoms with Gasteiger partial charge in [0.1, 0.15) is 0 Å². The lowest BCUT2D eigenvalue weighted by atomic mass is 10.1. The standard InChI is InChI=1S/C9H10OP/c10-11-7-3-5-8-4-1-2-6-9(8)11/h1-2,4,6H,3,5,7H2/q+1. The van der Waals surface area contributed by atoms with E-state index in [-0.39, 0.29) is 0 Å². The van der Waals surface area contributed by atoms with E-state index in [0.29, 0.717) is 0 Å². The van der Waals surface area contributed by atoms with Gasteiger partial charge in [-0.05, 0) is 18.9 Å². The normalized spacial score (nSPS) is 19.5. The lowest BCUT2D eigenvalue weighted by molar-refractivity contribution is 0.590. The molecule has 0 radical (unpaired) electrons. The Labute approximate surface area is 67.2 Å². The summed E-state index contributed by atoms with van der Waals surface area (Å²) in [5, 5.41) is 1.09. The van der Waals surface area contributed by atoms with Gasteiger partial charge in [0.25, 0.3) is 0 Å². The Morgan fingerprint density at radius 2 is 2.09 bits per heavy atom. The van der Waals surface area contributed by atoms with Crippen LogP contribution in [0.2, 0.25) is 0 Å². The summed E-state index contributed by atoms with van der Waals surface area (Å²) in [5.74, 6) is 0. The Morgan fingerprint density at radius 1 is 1.27 bits per heavy atom. The molecule has 2 heteroatoms. The maximum atomic E-state index is 11.4. The summed E-state index contributed by atoms with van der Waals surface area (Å²) in [4.78, 5) is 0. The van der Waals surface area contributed by atoms with Crippen LogP contribution in [0.25, 0.3) is 0 Å². The van der Waals surface area contributed by atoms with E-state index in [9.17, 15) is 4.57 Å². The highest BCUT2D eigenvalue weighted by molar-refractivity contribution is 7.53. The molecule has 0 N–H and O–H groups in total. The van der Waals surface area contributed by atoms with Crippen LogP contribution in [0, 0.1) is 0 Å². The molecule has 56 valence electrons. The minimum Gasteiger partial charge on any atom is -0.0681 e. The van der Waals surface area contributed by atoms with Crippen LogP contribution in [0.5, 0.6) is 0 Å². The maximum absolute atomic E-state index is 11.4. The van der Waals surface area contributed by atoms with Gasteiger partial charge in [0.2, 0.25) is 0 Å². The summed E-state index contributed by atoms with van der Waals surface area (Å²) < 4.78 is 11.4. The molecule has 2 rings (SSSR count). The molecule has 1 unspecified atom stereocenters. The van der Waals surface area contributed by atoms with Gasteiger partial charge < -0.3 is 0 Å². The molecule has 0 bridgehead atoms. The van der Waals surface area contributed by atoms with Crippen LogP contribution >= 0.6 is 7.80 Å². The highest BCUT2D eigenvalue weighted by Gasteiger charge is 2.26. The van der Waals surface area contributed by atoms with Crippen LogP contribution in [0.1, 0.15) is 12.0 Å². The van der Waals surface area contributed by atoms with Crippen molar-refractivity contribution in [3.63, 3.8) is 0 Å². The van der Waals surface area contributed by atoms with E-state index in [1.54, 1.807) is 0 Å². The molecular formula is C9H10OP+. The Bertz CT molecular complexity index is 293. The summed E-state index contributed by atoms with van der Waals surface area (Å²) in [6.07, 6.45) is 3.08. The second kappa shape index (κ2) is 2.75. The van der Waals surface area contributed by atoms with E-state index < -0.39 is 7.80 Å². The van der Waals surface area contributed by atoms with Crippen LogP contribution in [0.3, 0.4) is 0 Å². The quantitative estimate of drug-likeness (QED) is 0.538. The second-order valence-electron chi connectivity index (χ2n) is 2.83. The molecular weight excluding hydrogens is 155 g/mol. The smallest absolute Gasteiger partial charge is 0.0681 e. The van der Waals surface area contributed by atoms with Gasteiger partial charge in [0, 0.05) is 5.56 Å². The number of benzene rings is 1. The monoisotopic (exact) mass is 165 g/mol. The zero-order valence-corrected chi connectivity index (χ0v) is 7.18. The zero-order valence-electron chi connectivity index (χ0n) is 6.29. The molecule has 1 atom stereocenters. The van der Waals surface area contributed by atoms with Gasteiger partial charge in [-0.2, -0.15) is 0 Å². The topological polar surface area (TPSA) is 17.1 Å². The summed E-state index contributed by atoms with van der Waals surface area (Å²) in [5.41, 5.74) is 1.29. The lowest BCUT2D eigenvalue weighted by Gasteiger charge is -2.04. The SMILES string of the molecule is O=[P+]1CCCc2ccccc21. The first-order valence-corrected chi connectivity index (χ1v) is 5.35. The number of rotatable bonds is 0. The van der Waals surface area contributed by atoms with Crippen molar-refractivity contribution in [2.45, 2.75) is 12.8 Å². The fourth-order valence-corrected chi connectivity index (χ4v) is 2.94. The van der Waals surface area contributed by atoms with Crippen LogP contribution in [0.4, 0.5) is 0 Å². The van der Waals surface area contributed by atoms with Crippen LogP contribution in [0.15, 0.2) is 24.3 Å². The molecule has 1 aliphatic rings. The van der Waals surface area contributed by atoms with Gasteiger partial charge in [0.05, 0.1) is 0 Å². The minimum absolute atomic E-state index is 0.881. The highest BCUT2D eigenvalue weighted by atomic mass is 31.1. The summed E-state index contributed by atoms with van der Waals surface area (Å²) >= 11 is 0. The highest BCUT2D eigenvalue weighted by Crippen LogP contribution is 2.28. The van der Waals surface area contributed by atoms with Crippen LogP contribution in [-0.2, 0) is 11.0 Å². The van der Waals surface area contributed by atoms with Crippen molar-refractivity contribution in [3.8, 4) is 0 Å². The third-order valence-corrected chi connectivity index (χ3v) is 3.76. The molecule has 1 heterocycles. The molecule has 0 aliphatic carbocycles. The third kappa shape index (κ3) is 1.21. The summed E-state index contributed by atoms with van der Waals surface area (Å²) in [6.45, 7) is 0. The molecule has 0 amide bonds. The average molecular weight is 165 g/mol. The van der Waals surface area contributed by atoms with E-state index in [4.69, 9.17) is 0 Å². The van der Waals surface area contributed by atoms with E-state index >= 15 is 0 Å². The number of fused-ring (bicyclic) bond motifs is 1. The van der Waals surface area contributed by atoms with Gasteiger partial charge >= 0.3 is 7.80 Å². The van der Waals surface area contributed by atoms with Gasteiger partial charge in [-0.1, -0.05) is 22.8 Å². The zero-order chi connectivity index (χ0) is 7.68. The Balaban J connectivity index is 2.52. The van der Waals surface area contributed by atoms with E-state index in [1.807, 2.05) is 18.2 Å². The largest absolute Gasteiger partial charge is 0.377 e. The Hall–Kier alpha value is -0.680. The molecule has 1 aromatic rings. The van der Waals surface area contributed by atoms with Gasteiger partial charge in [-0.3, -0.25) is 0 Å². The molecule has 0 saturated carbocycles. The first-order valence-electron chi connectivity index (χ1n) is 3.90. The molecule has 0 spiro atoms. The Kier molecular flexibility index (Phi) is 1.75. The lowest BCUT2D eigenvalue weighted by Crippen LogP contribution is -2.12. The number of aryl methyl sites for hydroxylation is 1. The van der Waals surface area contributed by atoms with E-state index in [2.05, 4.69) is 6.07 Å². The molecule has 0 saturated heterocycles. The van der Waals surface area contributed by atoms with E-state index in [0.717, 1.165) is 24.3 Å². The number of hydrogen-bond acceptors (Lipinski definition) is 1. The minimum atomic E-state index is -1.06. The molecule has 1 nitrogen and oxygen atoms in total. The number of hydrogen-bond donors (Lipinski definition) is 0. The van der Waals surface area contributed by atoms with Crippen molar-refractivity contribution in [1.82, 2.24) is 0 Å². The van der Waals surface area contributed by atoms with Crippen LogP contribution in [-0.4, -0.2) is 6.16 Å². The summed E-state index contributed by atoms with van der Waals surface area (Å²) in [6, 6.07) is 8.07.